The molecule has 0 radical (unpaired) electrons. The van der Waals surface area contributed by atoms with E-state index >= 15 is 0 Å². The summed E-state index contributed by atoms with van der Waals surface area (Å²) >= 11 is 9.23. The van der Waals surface area contributed by atoms with Gasteiger partial charge in [0.1, 0.15) is 11.6 Å². The van der Waals surface area contributed by atoms with Crippen molar-refractivity contribution in [2.45, 2.75) is 53.4 Å². The Morgan fingerprint density at radius 1 is 0.370 bits per heavy atom. The summed E-state index contributed by atoms with van der Waals surface area (Å²) in [5, 5.41) is 21.0. The molecule has 4 amide bonds. The number of nitrogens with one attached hydrogen (secondary N) is 4. The number of benzene rings is 8. The Labute approximate surface area is 590 Å². The van der Waals surface area contributed by atoms with Crippen molar-refractivity contribution >= 4 is 97.2 Å². The van der Waals surface area contributed by atoms with E-state index in [-0.39, 0.29) is 60.9 Å². The number of aromatic hydroxyl groups is 1. The highest BCUT2D eigenvalue weighted by Gasteiger charge is 2.15. The van der Waals surface area contributed by atoms with Crippen molar-refractivity contribution in [2.75, 3.05) is 44.2 Å². The van der Waals surface area contributed by atoms with Crippen LogP contribution in [0.2, 0.25) is 5.02 Å². The van der Waals surface area contributed by atoms with Crippen LogP contribution in [0.3, 0.4) is 0 Å². The lowest BCUT2D eigenvalue weighted by molar-refractivity contribution is -0.116. The molecule has 12 rings (SSSR count). The van der Waals surface area contributed by atoms with E-state index in [1.165, 1.54) is 12.1 Å². The Balaban J connectivity index is 0.000000156. The average Bonchev–Trinajstić information content (AvgIpc) is 0.852. The Morgan fingerprint density at radius 3 is 0.850 bits per heavy atom. The first-order chi connectivity index (χ1) is 48.0. The maximum absolute atomic E-state index is 12.9. The number of aryl methyl sites for hydroxylation is 4. The number of halogens is 3. The third-order valence-corrected chi connectivity index (χ3v) is 15.6. The lowest BCUT2D eigenvalue weighted by Gasteiger charge is -2.09. The number of rotatable bonds is 16. The number of carbonyl (C=O) groups excluding carboxylic acids is 4. The SMILES string of the molecule is Cc1nc(-c2ccc(N)cc2)cnc1NC(=O)Cc1ccc(Br)cc1.Cc1nc(-c2ccc(N)cc2)cnc1NC(=O)Cc1ccc(Cl)cc1.Cc1nc(-c2ccc(N)cc2)cnc1NC(=O)Cc1ccc(F)cc1.Cc1nc(-c2ccc(N)cc2)cnc1NC(=O)Cc1ccc(O)cc1. The van der Waals surface area contributed by atoms with Gasteiger partial charge in [0.15, 0.2) is 23.3 Å². The highest BCUT2D eigenvalue weighted by Crippen LogP contribution is 2.26. The van der Waals surface area contributed by atoms with Crippen LogP contribution in [0.25, 0.3) is 45.0 Å². The minimum absolute atomic E-state index is 0.125. The number of phenolic OH excluding ortho intramolecular Hbond substituents is 1. The summed E-state index contributed by atoms with van der Waals surface area (Å²) in [5.41, 5.74) is 38.0. The summed E-state index contributed by atoms with van der Waals surface area (Å²) < 4.78 is 13.9. The summed E-state index contributed by atoms with van der Waals surface area (Å²) in [5.74, 6) is 0.912. The monoisotopic (exact) mass is 1420 g/mol. The molecule has 100 heavy (non-hydrogen) atoms. The standard InChI is InChI=1S/C19H17BrN4O.C19H17ClN4O.C19H17FN4O.C19H18N4O2/c3*1-12-19(24-18(25)10-13-2-6-15(20)7-3-13)22-11-17(23-12)14-4-8-16(21)9-5-14;1-12-19(23-18(25)10-13-2-8-16(24)9-3-13)21-11-17(22-12)14-4-6-15(20)7-5-14/h3*2-9,11H,10,21H2,1H3,(H,22,24,25);2-9,11,24H,10,20H2,1H3,(H,21,23,25). The molecule has 0 atom stereocenters. The van der Waals surface area contributed by atoms with E-state index in [0.29, 0.717) is 85.2 Å². The predicted molar refractivity (Wildman–Crippen MR) is 396 cm³/mol. The zero-order chi connectivity index (χ0) is 71.2. The molecule has 0 aliphatic heterocycles. The van der Waals surface area contributed by atoms with Crippen LogP contribution in [-0.4, -0.2) is 68.6 Å². The second kappa shape index (κ2) is 34.6. The van der Waals surface area contributed by atoms with E-state index in [4.69, 9.17) is 34.5 Å². The topological polar surface area (TPSA) is 344 Å². The highest BCUT2D eigenvalue weighted by molar-refractivity contribution is 9.10. The van der Waals surface area contributed by atoms with Crippen LogP contribution in [-0.2, 0) is 44.9 Å². The number of nitrogens with two attached hydrogens (primary N) is 4. The summed E-state index contributed by atoms with van der Waals surface area (Å²) in [4.78, 5) is 83.9. The van der Waals surface area contributed by atoms with Gasteiger partial charge >= 0.3 is 0 Å². The number of carbonyl (C=O) groups is 4. The van der Waals surface area contributed by atoms with Gasteiger partial charge in [-0.2, -0.15) is 0 Å². The van der Waals surface area contributed by atoms with Gasteiger partial charge in [-0.05, 0) is 147 Å². The average molecular weight is 1420 g/mol. The fraction of sp³-hybridized carbons (Fsp3) is 0.105. The molecule has 0 saturated carbocycles. The van der Waals surface area contributed by atoms with Crippen molar-refractivity contribution in [3.63, 3.8) is 0 Å². The minimum atomic E-state index is -0.330. The van der Waals surface area contributed by atoms with E-state index in [9.17, 15) is 28.7 Å². The molecule has 4 heterocycles. The quantitative estimate of drug-likeness (QED) is 0.0406. The molecule has 12 aromatic rings. The van der Waals surface area contributed by atoms with E-state index in [2.05, 4.69) is 77.1 Å². The van der Waals surface area contributed by atoms with Gasteiger partial charge in [-0.25, -0.2) is 44.3 Å². The Hall–Kier alpha value is -12.3. The van der Waals surface area contributed by atoms with Crippen LogP contribution in [0.1, 0.15) is 45.0 Å². The number of hydrogen-bond donors (Lipinski definition) is 9. The maximum Gasteiger partial charge on any atom is 0.229 e. The Morgan fingerprint density at radius 2 is 0.600 bits per heavy atom. The minimum Gasteiger partial charge on any atom is -0.508 e. The van der Waals surface area contributed by atoms with E-state index in [1.54, 1.807) is 111 Å². The van der Waals surface area contributed by atoms with Crippen LogP contribution in [0.5, 0.6) is 5.75 Å². The molecule has 21 nitrogen and oxygen atoms in total. The summed E-state index contributed by atoms with van der Waals surface area (Å²) in [6.07, 6.45) is 7.37. The summed E-state index contributed by atoms with van der Waals surface area (Å²) in [7, 11) is 0. The Bertz CT molecular complexity index is 4180. The Kier molecular flexibility index (Phi) is 24.9. The lowest BCUT2D eigenvalue weighted by Crippen LogP contribution is -2.16. The molecule has 13 N–H and O–H groups in total. The van der Waals surface area contributed by atoms with Crippen molar-refractivity contribution < 1.29 is 28.7 Å². The molecule has 0 fully saturated rings. The first kappa shape index (κ1) is 71.9. The van der Waals surface area contributed by atoms with Crippen LogP contribution in [0, 0.1) is 33.5 Å². The first-order valence-corrected chi connectivity index (χ1v) is 32.2. The molecule has 0 spiro atoms. The van der Waals surface area contributed by atoms with Crippen LogP contribution < -0.4 is 44.2 Å². The molecule has 8 aromatic carbocycles. The normalized spacial score (nSPS) is 10.5. The summed E-state index contributed by atoms with van der Waals surface area (Å²) in [6.45, 7) is 7.21. The van der Waals surface area contributed by atoms with Crippen molar-refractivity contribution in [1.29, 1.82) is 0 Å². The third-order valence-electron chi connectivity index (χ3n) is 14.8. The second-order valence-electron chi connectivity index (χ2n) is 22.7. The number of amides is 4. The smallest absolute Gasteiger partial charge is 0.229 e. The first-order valence-electron chi connectivity index (χ1n) is 31.0. The number of phenols is 1. The zero-order valence-corrected chi connectivity index (χ0v) is 57.1. The van der Waals surface area contributed by atoms with Crippen LogP contribution in [0.4, 0.5) is 50.4 Å². The number of hydrogen-bond acceptors (Lipinski definition) is 17. The van der Waals surface area contributed by atoms with Crippen molar-refractivity contribution in [1.82, 2.24) is 39.9 Å². The van der Waals surface area contributed by atoms with E-state index < -0.39 is 0 Å². The molecule has 0 saturated heterocycles. The van der Waals surface area contributed by atoms with Gasteiger partial charge in [0, 0.05) is 54.5 Å². The maximum atomic E-state index is 12.9. The fourth-order valence-corrected chi connectivity index (χ4v) is 9.85. The van der Waals surface area contributed by atoms with Crippen LogP contribution >= 0.6 is 27.5 Å². The van der Waals surface area contributed by atoms with Gasteiger partial charge in [0.25, 0.3) is 0 Å². The molecule has 0 aliphatic carbocycles. The molecule has 24 heteroatoms. The fourth-order valence-electron chi connectivity index (χ4n) is 9.46. The predicted octanol–water partition coefficient (Wildman–Crippen LogP) is 14.1. The summed E-state index contributed by atoms with van der Waals surface area (Å²) in [6, 6.07) is 56.7. The third kappa shape index (κ3) is 21.8. The molecular weight excluding hydrogens is 1350 g/mol. The molecule has 0 aliphatic rings. The largest absolute Gasteiger partial charge is 0.508 e. The van der Waals surface area contributed by atoms with Gasteiger partial charge in [-0.15, -0.1) is 0 Å². The molecule has 0 unspecified atom stereocenters. The number of anilines is 8. The van der Waals surface area contributed by atoms with Crippen molar-refractivity contribution in [2.24, 2.45) is 0 Å². The van der Waals surface area contributed by atoms with Gasteiger partial charge in [-0.3, -0.25) is 19.2 Å². The highest BCUT2D eigenvalue weighted by atomic mass is 79.9. The zero-order valence-electron chi connectivity index (χ0n) is 54.7. The van der Waals surface area contributed by atoms with Gasteiger partial charge in [-0.1, -0.05) is 125 Å². The van der Waals surface area contributed by atoms with Gasteiger partial charge < -0.3 is 49.3 Å². The number of nitrogen functional groups attached to an aromatic ring is 4. The molecule has 4 aromatic heterocycles. The van der Waals surface area contributed by atoms with Crippen molar-refractivity contribution in [3.05, 3.63) is 279 Å². The van der Waals surface area contributed by atoms with Crippen LogP contribution in [0.15, 0.2) is 223 Å². The number of nitrogens with zero attached hydrogens (tertiary/aromatic N) is 8. The van der Waals surface area contributed by atoms with Gasteiger partial charge in [0.2, 0.25) is 23.6 Å². The lowest BCUT2D eigenvalue weighted by atomic mass is 10.1. The molecular formula is C76H69BrClFN16O5. The second-order valence-corrected chi connectivity index (χ2v) is 24.0. The van der Waals surface area contributed by atoms with E-state index in [0.717, 1.165) is 60.4 Å². The van der Waals surface area contributed by atoms with Gasteiger partial charge in [0.05, 0.1) is 96.0 Å². The molecule has 0 bridgehead atoms. The van der Waals surface area contributed by atoms with E-state index in [1.807, 2.05) is 123 Å². The van der Waals surface area contributed by atoms with Crippen molar-refractivity contribution in [3.8, 4) is 50.8 Å². The number of aromatic nitrogens is 8. The molecule has 504 valence electrons.